The monoisotopic (exact) mass is 519 g/mol. The van der Waals surface area contributed by atoms with Gasteiger partial charge in [-0.2, -0.15) is 0 Å². The fraction of sp³-hybridized carbons (Fsp3) is 0.304. The average molecular weight is 519 g/mol. The van der Waals surface area contributed by atoms with Crippen molar-refractivity contribution in [3.8, 4) is 5.75 Å². The number of ether oxygens (including phenoxy) is 1. The van der Waals surface area contributed by atoms with Crippen LogP contribution in [0.2, 0.25) is 0 Å². The molecule has 0 saturated carbocycles. The van der Waals surface area contributed by atoms with Gasteiger partial charge in [0.15, 0.2) is 5.96 Å². The molecule has 2 aromatic carbocycles. The van der Waals surface area contributed by atoms with Gasteiger partial charge in [-0.15, -0.1) is 24.0 Å². The highest BCUT2D eigenvalue weighted by Gasteiger charge is 2.04. The Morgan fingerprint density at radius 2 is 1.90 bits per heavy atom. The molecule has 0 aliphatic heterocycles. The van der Waals surface area contributed by atoms with Crippen molar-refractivity contribution in [3.63, 3.8) is 0 Å². The average Bonchev–Trinajstić information content (AvgIpc) is 3.24. The molecule has 7 heteroatoms. The zero-order valence-corrected chi connectivity index (χ0v) is 19.9. The van der Waals surface area contributed by atoms with E-state index in [-0.39, 0.29) is 24.0 Å². The summed E-state index contributed by atoms with van der Waals surface area (Å²) in [6.07, 6.45) is 5.60. The fourth-order valence-electron chi connectivity index (χ4n) is 3.05. The molecule has 0 fully saturated rings. The summed E-state index contributed by atoms with van der Waals surface area (Å²) in [5.74, 6) is 1.70. The van der Waals surface area contributed by atoms with Crippen molar-refractivity contribution in [2.24, 2.45) is 4.99 Å². The molecule has 0 atom stereocenters. The van der Waals surface area contributed by atoms with Gasteiger partial charge in [-0.05, 0) is 31.0 Å². The minimum absolute atomic E-state index is 0. The first-order valence-electron chi connectivity index (χ1n) is 10.0. The number of benzene rings is 2. The van der Waals surface area contributed by atoms with Crippen molar-refractivity contribution in [2.45, 2.75) is 33.5 Å². The first-order valence-corrected chi connectivity index (χ1v) is 10.0. The Morgan fingerprint density at radius 1 is 1.07 bits per heavy atom. The first kappa shape index (κ1) is 23.7. The van der Waals surface area contributed by atoms with E-state index in [1.165, 1.54) is 11.1 Å². The summed E-state index contributed by atoms with van der Waals surface area (Å²) in [6, 6.07) is 16.6. The molecule has 1 aromatic heterocycles. The minimum atomic E-state index is 0. The zero-order valence-electron chi connectivity index (χ0n) is 17.5. The topological polar surface area (TPSA) is 63.5 Å². The van der Waals surface area contributed by atoms with Gasteiger partial charge in [-0.1, -0.05) is 42.5 Å². The van der Waals surface area contributed by atoms with Crippen LogP contribution in [0.5, 0.6) is 5.75 Å². The molecule has 0 radical (unpaired) electrons. The first-order chi connectivity index (χ1) is 14.3. The quantitative estimate of drug-likeness (QED) is 0.253. The van der Waals surface area contributed by atoms with Crippen LogP contribution in [0.4, 0.5) is 0 Å². The number of rotatable bonds is 9. The Morgan fingerprint density at radius 3 is 2.67 bits per heavy atom. The van der Waals surface area contributed by atoms with Crippen LogP contribution >= 0.6 is 24.0 Å². The van der Waals surface area contributed by atoms with E-state index in [1.54, 1.807) is 6.20 Å². The predicted octanol–water partition coefficient (Wildman–Crippen LogP) is 4.20. The molecule has 160 valence electrons. The number of imidazole rings is 1. The highest BCUT2D eigenvalue weighted by atomic mass is 127. The number of guanidine groups is 1. The van der Waals surface area contributed by atoms with Crippen LogP contribution in [0, 0.1) is 0 Å². The number of para-hydroxylation sites is 1. The molecule has 0 aliphatic rings. The standard InChI is InChI=1S/C23H29N5O.HI/c1-3-25-23(27-16-21-10-5-6-11-22(21)29-4-2)26-15-19-8-7-9-20(14-19)17-28-13-12-24-18-28;/h5-14,18H,3-4,15-17H2,1-2H3,(H2,25,26,27);1H. The van der Waals surface area contributed by atoms with Crippen molar-refractivity contribution in [1.82, 2.24) is 20.2 Å². The van der Waals surface area contributed by atoms with Gasteiger partial charge in [-0.3, -0.25) is 0 Å². The van der Waals surface area contributed by atoms with E-state index in [2.05, 4.69) is 57.4 Å². The Labute approximate surface area is 195 Å². The molecule has 1 heterocycles. The van der Waals surface area contributed by atoms with Gasteiger partial charge in [-0.25, -0.2) is 9.98 Å². The maximum atomic E-state index is 5.71. The molecule has 3 aromatic rings. The molecule has 3 rings (SSSR count). The maximum absolute atomic E-state index is 5.71. The predicted molar refractivity (Wildman–Crippen MR) is 132 cm³/mol. The second kappa shape index (κ2) is 12.9. The van der Waals surface area contributed by atoms with Crippen molar-refractivity contribution in [3.05, 3.63) is 83.9 Å². The molecule has 0 bridgehead atoms. The van der Waals surface area contributed by atoms with Crippen LogP contribution in [-0.4, -0.2) is 28.7 Å². The number of hydrogen-bond acceptors (Lipinski definition) is 3. The van der Waals surface area contributed by atoms with Crippen LogP contribution < -0.4 is 15.4 Å². The Bertz CT molecular complexity index is 911. The summed E-state index contributed by atoms with van der Waals surface area (Å²) in [4.78, 5) is 8.85. The lowest BCUT2D eigenvalue weighted by molar-refractivity contribution is 0.336. The minimum Gasteiger partial charge on any atom is -0.494 e. The van der Waals surface area contributed by atoms with Crippen molar-refractivity contribution in [1.29, 1.82) is 0 Å². The summed E-state index contributed by atoms with van der Waals surface area (Å²) in [6.45, 7) is 7.60. The molecule has 2 N–H and O–H groups in total. The normalized spacial score (nSPS) is 10.9. The molecule has 6 nitrogen and oxygen atoms in total. The lowest BCUT2D eigenvalue weighted by Gasteiger charge is -2.14. The van der Waals surface area contributed by atoms with Gasteiger partial charge in [0.1, 0.15) is 5.75 Å². The second-order valence-corrected chi connectivity index (χ2v) is 6.64. The van der Waals surface area contributed by atoms with Crippen molar-refractivity contribution in [2.75, 3.05) is 13.2 Å². The van der Waals surface area contributed by atoms with Crippen molar-refractivity contribution < 1.29 is 4.74 Å². The second-order valence-electron chi connectivity index (χ2n) is 6.64. The lowest BCUT2D eigenvalue weighted by atomic mass is 10.1. The molecule has 0 unspecified atom stereocenters. The van der Waals surface area contributed by atoms with E-state index >= 15 is 0 Å². The van der Waals surface area contributed by atoms with Crippen LogP contribution in [0.1, 0.15) is 30.5 Å². The molecule has 0 spiro atoms. The smallest absolute Gasteiger partial charge is 0.191 e. The third-order valence-corrected chi connectivity index (χ3v) is 4.40. The van der Waals surface area contributed by atoms with Gasteiger partial charge in [0, 0.05) is 37.6 Å². The summed E-state index contributed by atoms with van der Waals surface area (Å²) >= 11 is 0. The summed E-state index contributed by atoms with van der Waals surface area (Å²) in [5.41, 5.74) is 3.52. The Balaban J connectivity index is 0.00000320. The molecule has 0 saturated heterocycles. The van der Waals surface area contributed by atoms with E-state index in [0.29, 0.717) is 19.7 Å². The SMILES string of the molecule is CCNC(=NCc1cccc(Cn2ccnc2)c1)NCc1ccccc1OCC.I. The van der Waals surface area contributed by atoms with Gasteiger partial charge < -0.3 is 19.9 Å². The fourth-order valence-corrected chi connectivity index (χ4v) is 3.05. The van der Waals surface area contributed by atoms with Gasteiger partial charge in [0.25, 0.3) is 0 Å². The number of nitrogens with zero attached hydrogens (tertiary/aromatic N) is 3. The Hall–Kier alpha value is -2.55. The third-order valence-electron chi connectivity index (χ3n) is 4.40. The van der Waals surface area contributed by atoms with Crippen LogP contribution in [0.3, 0.4) is 0 Å². The molecule has 30 heavy (non-hydrogen) atoms. The number of halogens is 1. The number of nitrogens with one attached hydrogen (secondary N) is 2. The summed E-state index contributed by atoms with van der Waals surface area (Å²) < 4.78 is 7.77. The number of hydrogen-bond donors (Lipinski definition) is 2. The van der Waals surface area contributed by atoms with Crippen LogP contribution in [0.15, 0.2) is 72.2 Å². The number of aromatic nitrogens is 2. The maximum Gasteiger partial charge on any atom is 0.191 e. The molecule has 0 amide bonds. The van der Waals surface area contributed by atoms with Gasteiger partial charge in [0.2, 0.25) is 0 Å². The van der Waals surface area contributed by atoms with E-state index in [0.717, 1.165) is 30.4 Å². The summed E-state index contributed by atoms with van der Waals surface area (Å²) in [5, 5.41) is 6.71. The Kier molecular flexibility index (Phi) is 10.2. The van der Waals surface area contributed by atoms with E-state index in [9.17, 15) is 0 Å². The van der Waals surface area contributed by atoms with E-state index < -0.39 is 0 Å². The van der Waals surface area contributed by atoms with Crippen molar-refractivity contribution >= 4 is 29.9 Å². The number of aliphatic imine (C=N–C) groups is 1. The van der Waals surface area contributed by atoms with Gasteiger partial charge in [0.05, 0.1) is 19.5 Å². The van der Waals surface area contributed by atoms with Crippen LogP contribution in [0.25, 0.3) is 0 Å². The molecular weight excluding hydrogens is 489 g/mol. The van der Waals surface area contributed by atoms with Gasteiger partial charge >= 0.3 is 0 Å². The third kappa shape index (κ3) is 7.37. The molecule has 0 aliphatic carbocycles. The zero-order chi connectivity index (χ0) is 20.3. The molecular formula is C23H30IN5O. The van der Waals surface area contributed by atoms with E-state index in [1.807, 2.05) is 37.6 Å². The largest absolute Gasteiger partial charge is 0.494 e. The van der Waals surface area contributed by atoms with Crippen LogP contribution in [-0.2, 0) is 19.6 Å². The summed E-state index contributed by atoms with van der Waals surface area (Å²) in [7, 11) is 0. The highest BCUT2D eigenvalue weighted by molar-refractivity contribution is 14.0. The highest BCUT2D eigenvalue weighted by Crippen LogP contribution is 2.17. The lowest BCUT2D eigenvalue weighted by Crippen LogP contribution is -2.36. The van der Waals surface area contributed by atoms with E-state index in [4.69, 9.17) is 9.73 Å².